The molecule has 150 valence electrons. The van der Waals surface area contributed by atoms with Crippen LogP contribution in [0.25, 0.3) is 10.9 Å². The minimum Gasteiger partial charge on any atom is -0.410 e. The molecule has 6 heteroatoms. The van der Waals surface area contributed by atoms with Crippen molar-refractivity contribution in [3.05, 3.63) is 65.9 Å². The molecular weight excluding hydrogens is 364 g/mol. The van der Waals surface area contributed by atoms with Gasteiger partial charge in [0.25, 0.3) is 0 Å². The van der Waals surface area contributed by atoms with E-state index in [0.717, 1.165) is 55.9 Å². The number of ether oxygens (including phenoxy) is 1. The standard InChI is InChI=1S/C23H26N4O2/c1-17-8-9-20-21(25-17)6-3-7-22(20)27-14-12-26(13-15-27)11-10-18-4-2-5-19(16-18)29-23(24)28/h2-9,16H,10-15H2,1H3,(H2,24,28). The number of benzene rings is 2. The highest BCUT2D eigenvalue weighted by molar-refractivity contribution is 5.92. The van der Waals surface area contributed by atoms with Gasteiger partial charge in [0, 0.05) is 49.5 Å². The van der Waals surface area contributed by atoms with Crippen molar-refractivity contribution in [2.45, 2.75) is 13.3 Å². The fraction of sp³-hybridized carbons (Fsp3) is 0.304. The average molecular weight is 390 g/mol. The lowest BCUT2D eigenvalue weighted by molar-refractivity contribution is 0.211. The zero-order chi connectivity index (χ0) is 20.2. The van der Waals surface area contributed by atoms with Gasteiger partial charge in [0.2, 0.25) is 0 Å². The molecule has 0 spiro atoms. The van der Waals surface area contributed by atoms with E-state index in [0.29, 0.717) is 5.75 Å². The van der Waals surface area contributed by atoms with E-state index in [-0.39, 0.29) is 0 Å². The molecule has 1 saturated heterocycles. The molecule has 0 saturated carbocycles. The zero-order valence-electron chi connectivity index (χ0n) is 16.7. The van der Waals surface area contributed by atoms with E-state index in [1.807, 2.05) is 19.1 Å². The number of carbonyl (C=O) groups is 1. The third-order valence-electron chi connectivity index (χ3n) is 5.39. The Morgan fingerprint density at radius 2 is 1.86 bits per heavy atom. The van der Waals surface area contributed by atoms with Crippen LogP contribution in [-0.4, -0.2) is 48.7 Å². The Balaban J connectivity index is 1.35. The van der Waals surface area contributed by atoms with Crippen molar-refractivity contribution in [1.29, 1.82) is 0 Å². The van der Waals surface area contributed by atoms with Gasteiger partial charge in [0.05, 0.1) is 5.52 Å². The number of aromatic nitrogens is 1. The van der Waals surface area contributed by atoms with Crippen molar-refractivity contribution >= 4 is 22.7 Å². The maximum absolute atomic E-state index is 10.9. The summed E-state index contributed by atoms with van der Waals surface area (Å²) in [5.74, 6) is 0.500. The van der Waals surface area contributed by atoms with E-state index in [2.05, 4.69) is 51.2 Å². The van der Waals surface area contributed by atoms with E-state index in [9.17, 15) is 4.79 Å². The zero-order valence-corrected chi connectivity index (χ0v) is 16.7. The highest BCUT2D eigenvalue weighted by atomic mass is 16.5. The predicted molar refractivity (Wildman–Crippen MR) is 115 cm³/mol. The molecule has 6 nitrogen and oxygen atoms in total. The van der Waals surface area contributed by atoms with E-state index >= 15 is 0 Å². The monoisotopic (exact) mass is 390 g/mol. The molecule has 29 heavy (non-hydrogen) atoms. The first-order chi connectivity index (χ1) is 14.1. The first-order valence-corrected chi connectivity index (χ1v) is 9.98. The molecule has 1 aliphatic heterocycles. The SMILES string of the molecule is Cc1ccc2c(N3CCN(CCc4cccc(OC(N)=O)c4)CC3)cccc2n1. The lowest BCUT2D eigenvalue weighted by Gasteiger charge is -2.36. The molecule has 2 N–H and O–H groups in total. The topological polar surface area (TPSA) is 71.7 Å². The fourth-order valence-corrected chi connectivity index (χ4v) is 3.90. The summed E-state index contributed by atoms with van der Waals surface area (Å²) < 4.78 is 4.97. The van der Waals surface area contributed by atoms with Crippen LogP contribution < -0.4 is 15.4 Å². The first kappa shape index (κ1) is 19.2. The molecule has 0 bridgehead atoms. The second kappa shape index (κ2) is 8.49. The Morgan fingerprint density at radius 1 is 1.07 bits per heavy atom. The molecule has 1 amide bonds. The number of pyridine rings is 1. The van der Waals surface area contributed by atoms with Crippen molar-refractivity contribution in [1.82, 2.24) is 9.88 Å². The lowest BCUT2D eigenvalue weighted by atomic mass is 10.1. The van der Waals surface area contributed by atoms with Gasteiger partial charge in [-0.1, -0.05) is 18.2 Å². The van der Waals surface area contributed by atoms with E-state index < -0.39 is 6.09 Å². The minimum atomic E-state index is -0.780. The molecule has 0 atom stereocenters. The number of carbonyl (C=O) groups excluding carboxylic acids is 1. The van der Waals surface area contributed by atoms with Crippen molar-refractivity contribution in [3.63, 3.8) is 0 Å². The third kappa shape index (κ3) is 4.66. The molecule has 1 aliphatic rings. The normalized spacial score (nSPS) is 14.9. The summed E-state index contributed by atoms with van der Waals surface area (Å²) in [6.07, 6.45) is 0.130. The Bertz CT molecular complexity index is 1010. The van der Waals surface area contributed by atoms with Gasteiger partial charge < -0.3 is 15.4 Å². The van der Waals surface area contributed by atoms with Crippen molar-refractivity contribution in [2.24, 2.45) is 5.73 Å². The Hall–Kier alpha value is -3.12. The molecule has 0 unspecified atom stereocenters. The quantitative estimate of drug-likeness (QED) is 0.723. The smallest absolute Gasteiger partial charge is 0.409 e. The summed E-state index contributed by atoms with van der Waals surface area (Å²) in [7, 11) is 0. The van der Waals surface area contributed by atoms with E-state index in [1.54, 1.807) is 6.07 Å². The van der Waals surface area contributed by atoms with Crippen LogP contribution in [0.1, 0.15) is 11.3 Å². The summed E-state index contributed by atoms with van der Waals surface area (Å²) >= 11 is 0. The van der Waals surface area contributed by atoms with Crippen LogP contribution in [0.5, 0.6) is 5.75 Å². The molecular formula is C23H26N4O2. The van der Waals surface area contributed by atoms with Gasteiger partial charge in [-0.15, -0.1) is 0 Å². The first-order valence-electron chi connectivity index (χ1n) is 9.98. The molecule has 1 aromatic heterocycles. The largest absolute Gasteiger partial charge is 0.410 e. The van der Waals surface area contributed by atoms with Crippen LogP contribution in [-0.2, 0) is 6.42 Å². The number of hydrogen-bond donors (Lipinski definition) is 1. The third-order valence-corrected chi connectivity index (χ3v) is 5.39. The number of piperazine rings is 1. The predicted octanol–water partition coefficient (Wildman–Crippen LogP) is 3.37. The average Bonchev–Trinajstić information content (AvgIpc) is 2.72. The Kier molecular flexibility index (Phi) is 5.62. The van der Waals surface area contributed by atoms with Crippen LogP contribution in [0, 0.1) is 6.92 Å². The lowest BCUT2D eigenvalue weighted by Crippen LogP contribution is -2.47. The maximum atomic E-state index is 10.9. The summed E-state index contributed by atoms with van der Waals surface area (Å²) in [5, 5.41) is 1.22. The molecule has 1 fully saturated rings. The number of rotatable bonds is 5. The number of nitrogens with two attached hydrogens (primary N) is 1. The van der Waals surface area contributed by atoms with Gasteiger partial charge in [-0.2, -0.15) is 0 Å². The molecule has 3 aromatic rings. The van der Waals surface area contributed by atoms with Crippen LogP contribution in [0.4, 0.5) is 10.5 Å². The van der Waals surface area contributed by atoms with Gasteiger partial charge in [-0.25, -0.2) is 4.79 Å². The van der Waals surface area contributed by atoms with Gasteiger partial charge >= 0.3 is 6.09 Å². The van der Waals surface area contributed by atoms with Crippen LogP contribution in [0.2, 0.25) is 0 Å². The van der Waals surface area contributed by atoms with E-state index in [4.69, 9.17) is 10.5 Å². The molecule has 2 aromatic carbocycles. The summed E-state index contributed by atoms with van der Waals surface area (Å²) in [4.78, 5) is 20.5. The Morgan fingerprint density at radius 3 is 2.66 bits per heavy atom. The number of anilines is 1. The summed E-state index contributed by atoms with van der Waals surface area (Å²) in [6.45, 7) is 7.04. The van der Waals surface area contributed by atoms with Gasteiger partial charge in [0.1, 0.15) is 5.75 Å². The summed E-state index contributed by atoms with van der Waals surface area (Å²) in [5.41, 5.74) is 9.60. The maximum Gasteiger partial charge on any atom is 0.409 e. The Labute approximate surface area is 170 Å². The number of amides is 1. The van der Waals surface area contributed by atoms with Gasteiger partial charge in [-0.3, -0.25) is 9.88 Å². The number of fused-ring (bicyclic) bond motifs is 1. The highest BCUT2D eigenvalue weighted by Gasteiger charge is 2.18. The fourth-order valence-electron chi connectivity index (χ4n) is 3.90. The molecule has 0 aliphatic carbocycles. The number of nitrogens with zero attached hydrogens (tertiary/aromatic N) is 3. The molecule has 2 heterocycles. The van der Waals surface area contributed by atoms with E-state index in [1.165, 1.54) is 11.1 Å². The second-order valence-electron chi connectivity index (χ2n) is 7.44. The van der Waals surface area contributed by atoms with Crippen molar-refractivity contribution < 1.29 is 9.53 Å². The highest BCUT2D eigenvalue weighted by Crippen LogP contribution is 2.27. The number of hydrogen-bond acceptors (Lipinski definition) is 5. The van der Waals surface area contributed by atoms with Gasteiger partial charge in [-0.05, 0) is 55.3 Å². The van der Waals surface area contributed by atoms with Crippen LogP contribution >= 0.6 is 0 Å². The van der Waals surface area contributed by atoms with Crippen LogP contribution in [0.3, 0.4) is 0 Å². The van der Waals surface area contributed by atoms with Crippen molar-refractivity contribution in [2.75, 3.05) is 37.6 Å². The summed E-state index contributed by atoms with van der Waals surface area (Å²) in [6, 6.07) is 18.2. The number of aryl methyl sites for hydroxylation is 1. The minimum absolute atomic E-state index is 0.500. The second-order valence-corrected chi connectivity index (χ2v) is 7.44. The van der Waals surface area contributed by atoms with Crippen molar-refractivity contribution in [3.8, 4) is 5.75 Å². The van der Waals surface area contributed by atoms with Gasteiger partial charge in [0.15, 0.2) is 0 Å². The molecule has 0 radical (unpaired) electrons. The van der Waals surface area contributed by atoms with Crippen LogP contribution in [0.15, 0.2) is 54.6 Å². The number of primary amides is 1. The molecule has 4 rings (SSSR count).